The molecule has 0 spiro atoms. The first-order valence-corrected chi connectivity index (χ1v) is 8.45. The van der Waals surface area contributed by atoms with Crippen molar-refractivity contribution in [3.8, 4) is 10.6 Å². The Balaban J connectivity index is 1.59. The lowest BCUT2D eigenvalue weighted by molar-refractivity contribution is 1.33. The van der Waals surface area contributed by atoms with E-state index in [2.05, 4.69) is 47.6 Å². The Morgan fingerprint density at radius 2 is 1.75 bits per heavy atom. The van der Waals surface area contributed by atoms with Crippen LogP contribution in [-0.2, 0) is 0 Å². The van der Waals surface area contributed by atoms with E-state index in [1.165, 1.54) is 10.3 Å². The molecule has 5 heteroatoms. The van der Waals surface area contributed by atoms with Gasteiger partial charge in [-0.15, -0.1) is 11.3 Å². The Morgan fingerprint density at radius 3 is 2.50 bits per heavy atom. The van der Waals surface area contributed by atoms with Crippen molar-refractivity contribution in [2.24, 2.45) is 0 Å². The van der Waals surface area contributed by atoms with E-state index in [1.54, 1.807) is 23.6 Å². The van der Waals surface area contributed by atoms with Gasteiger partial charge in [-0.05, 0) is 61.0 Å². The van der Waals surface area contributed by atoms with Crippen LogP contribution in [0.15, 0.2) is 60.8 Å². The van der Waals surface area contributed by atoms with Crippen LogP contribution in [0.2, 0.25) is 0 Å². The van der Waals surface area contributed by atoms with Crippen LogP contribution in [-0.4, -0.2) is 9.97 Å². The van der Waals surface area contributed by atoms with Crippen molar-refractivity contribution in [3.05, 3.63) is 66.4 Å². The minimum atomic E-state index is 0.516. The van der Waals surface area contributed by atoms with Crippen molar-refractivity contribution >= 4 is 38.7 Å². The first kappa shape index (κ1) is 14.7. The molecule has 118 valence electrons. The molecule has 0 amide bonds. The van der Waals surface area contributed by atoms with Crippen LogP contribution in [0.25, 0.3) is 20.8 Å². The predicted molar refractivity (Wildman–Crippen MR) is 102 cm³/mol. The third-order valence-electron chi connectivity index (χ3n) is 3.75. The fourth-order valence-corrected chi connectivity index (χ4v) is 3.57. The van der Waals surface area contributed by atoms with E-state index in [9.17, 15) is 0 Å². The summed E-state index contributed by atoms with van der Waals surface area (Å²) in [5, 5.41) is 4.35. The van der Waals surface area contributed by atoms with Gasteiger partial charge in [0.05, 0.1) is 22.1 Å². The molecule has 2 heterocycles. The van der Waals surface area contributed by atoms with Gasteiger partial charge in [0.2, 0.25) is 0 Å². The molecule has 0 aliphatic rings. The summed E-state index contributed by atoms with van der Waals surface area (Å²) in [4.78, 5) is 8.80. The molecule has 0 aliphatic carbocycles. The number of aryl methyl sites for hydroxylation is 1. The van der Waals surface area contributed by atoms with Crippen molar-refractivity contribution in [1.82, 2.24) is 9.97 Å². The van der Waals surface area contributed by atoms with Crippen LogP contribution < -0.4 is 11.1 Å². The molecule has 0 atom stereocenters. The first-order valence-electron chi connectivity index (χ1n) is 7.63. The number of pyridine rings is 1. The van der Waals surface area contributed by atoms with Gasteiger partial charge in [-0.1, -0.05) is 6.07 Å². The largest absolute Gasteiger partial charge is 0.384 e. The van der Waals surface area contributed by atoms with Crippen molar-refractivity contribution in [1.29, 1.82) is 0 Å². The van der Waals surface area contributed by atoms with E-state index < -0.39 is 0 Å². The van der Waals surface area contributed by atoms with Crippen LogP contribution in [0.1, 0.15) is 5.56 Å². The third-order valence-corrected chi connectivity index (χ3v) is 4.82. The summed E-state index contributed by atoms with van der Waals surface area (Å²) < 4.78 is 1.22. The van der Waals surface area contributed by atoms with E-state index in [0.29, 0.717) is 5.82 Å². The fraction of sp³-hybridized carbons (Fsp3) is 0.0526. The highest BCUT2D eigenvalue weighted by Gasteiger charge is 2.06. The Kier molecular flexibility index (Phi) is 3.63. The molecule has 24 heavy (non-hydrogen) atoms. The first-order chi connectivity index (χ1) is 11.7. The zero-order valence-electron chi connectivity index (χ0n) is 13.2. The second-order valence-corrected chi connectivity index (χ2v) is 6.69. The highest BCUT2D eigenvalue weighted by atomic mass is 32.1. The maximum absolute atomic E-state index is 5.60. The Morgan fingerprint density at radius 1 is 0.958 bits per heavy atom. The molecule has 0 saturated carbocycles. The lowest BCUT2D eigenvalue weighted by Gasteiger charge is -2.06. The number of anilines is 3. The van der Waals surface area contributed by atoms with Crippen molar-refractivity contribution < 1.29 is 0 Å². The predicted octanol–water partition coefficient (Wildman–Crippen LogP) is 4.99. The molecule has 0 aliphatic heterocycles. The lowest BCUT2D eigenvalue weighted by atomic mass is 10.2. The fourth-order valence-electron chi connectivity index (χ4n) is 2.50. The normalized spacial score (nSPS) is 10.9. The number of hydrogen-bond acceptors (Lipinski definition) is 5. The SMILES string of the molecule is Cc1ccc2nc(-c3ccc(Nc4ccc(N)nc4)cc3)sc2c1. The van der Waals surface area contributed by atoms with E-state index >= 15 is 0 Å². The summed E-state index contributed by atoms with van der Waals surface area (Å²) in [7, 11) is 0. The topological polar surface area (TPSA) is 63.8 Å². The van der Waals surface area contributed by atoms with Gasteiger partial charge in [0.15, 0.2) is 0 Å². The molecule has 4 rings (SSSR count). The summed E-state index contributed by atoms with van der Waals surface area (Å²) in [6.07, 6.45) is 1.72. The number of benzene rings is 2. The minimum Gasteiger partial charge on any atom is -0.384 e. The summed E-state index contributed by atoms with van der Waals surface area (Å²) in [5.74, 6) is 0.516. The summed E-state index contributed by atoms with van der Waals surface area (Å²) >= 11 is 1.72. The summed E-state index contributed by atoms with van der Waals surface area (Å²) in [6.45, 7) is 2.10. The van der Waals surface area contributed by atoms with Gasteiger partial charge < -0.3 is 11.1 Å². The molecule has 0 saturated heterocycles. The Hall–Kier alpha value is -2.92. The Labute approximate surface area is 144 Å². The molecular formula is C19H16N4S. The van der Waals surface area contributed by atoms with Crippen molar-refractivity contribution in [3.63, 3.8) is 0 Å². The van der Waals surface area contributed by atoms with Gasteiger partial charge in [0.1, 0.15) is 10.8 Å². The molecule has 3 N–H and O–H groups in total. The number of rotatable bonds is 3. The number of fused-ring (bicyclic) bond motifs is 1. The highest BCUT2D eigenvalue weighted by molar-refractivity contribution is 7.21. The number of aromatic nitrogens is 2. The average molecular weight is 332 g/mol. The van der Waals surface area contributed by atoms with Crippen LogP contribution in [0, 0.1) is 6.92 Å². The maximum Gasteiger partial charge on any atom is 0.124 e. The van der Waals surface area contributed by atoms with Crippen molar-refractivity contribution in [2.45, 2.75) is 6.92 Å². The number of nitrogen functional groups attached to an aromatic ring is 1. The van der Waals surface area contributed by atoms with Crippen LogP contribution >= 0.6 is 11.3 Å². The molecule has 4 nitrogen and oxygen atoms in total. The van der Waals surface area contributed by atoms with Crippen LogP contribution in [0.4, 0.5) is 17.2 Å². The number of nitrogens with one attached hydrogen (secondary N) is 1. The quantitative estimate of drug-likeness (QED) is 0.554. The molecule has 2 aromatic carbocycles. The second kappa shape index (κ2) is 5.94. The van der Waals surface area contributed by atoms with Gasteiger partial charge in [-0.2, -0.15) is 0 Å². The van der Waals surface area contributed by atoms with E-state index in [1.807, 2.05) is 18.2 Å². The second-order valence-electron chi connectivity index (χ2n) is 5.66. The van der Waals surface area contributed by atoms with Crippen molar-refractivity contribution in [2.75, 3.05) is 11.1 Å². The summed E-state index contributed by atoms with van der Waals surface area (Å²) in [6, 6.07) is 18.3. The van der Waals surface area contributed by atoms with E-state index in [-0.39, 0.29) is 0 Å². The zero-order chi connectivity index (χ0) is 16.5. The minimum absolute atomic E-state index is 0.516. The number of nitrogens with zero attached hydrogens (tertiary/aromatic N) is 2. The molecule has 0 radical (unpaired) electrons. The number of thiazole rings is 1. The van der Waals surface area contributed by atoms with Crippen LogP contribution in [0.5, 0.6) is 0 Å². The molecule has 4 aromatic rings. The van der Waals surface area contributed by atoms with Gasteiger partial charge in [-0.25, -0.2) is 9.97 Å². The monoisotopic (exact) mass is 332 g/mol. The van der Waals surface area contributed by atoms with Gasteiger partial charge in [0.25, 0.3) is 0 Å². The molecular weight excluding hydrogens is 316 g/mol. The average Bonchev–Trinajstić information content (AvgIpc) is 3.01. The van der Waals surface area contributed by atoms with Gasteiger partial charge in [0, 0.05) is 11.3 Å². The Bertz CT molecular complexity index is 988. The van der Waals surface area contributed by atoms with Gasteiger partial charge in [-0.3, -0.25) is 0 Å². The van der Waals surface area contributed by atoms with Gasteiger partial charge >= 0.3 is 0 Å². The molecule has 0 bridgehead atoms. The number of hydrogen-bond donors (Lipinski definition) is 2. The standard InChI is InChI=1S/C19H16N4S/c1-12-2-8-16-17(10-12)24-19(23-16)13-3-5-14(6-4-13)22-15-7-9-18(20)21-11-15/h2-11,22H,1H3,(H2,20,21). The smallest absolute Gasteiger partial charge is 0.124 e. The highest BCUT2D eigenvalue weighted by Crippen LogP contribution is 2.31. The van der Waals surface area contributed by atoms with E-state index in [0.717, 1.165) is 27.5 Å². The molecule has 0 fully saturated rings. The molecule has 0 unspecified atom stereocenters. The van der Waals surface area contributed by atoms with Crippen LogP contribution in [0.3, 0.4) is 0 Å². The molecule has 2 aromatic heterocycles. The van der Waals surface area contributed by atoms with E-state index in [4.69, 9.17) is 10.7 Å². The third kappa shape index (κ3) is 2.94. The lowest BCUT2D eigenvalue weighted by Crippen LogP contribution is -1.93. The number of nitrogens with two attached hydrogens (primary N) is 1. The summed E-state index contributed by atoms with van der Waals surface area (Å²) in [5.41, 5.74) is 10.9. The zero-order valence-corrected chi connectivity index (χ0v) is 14.0. The maximum atomic E-state index is 5.60.